The van der Waals surface area contributed by atoms with Crippen LogP contribution in [0.15, 0.2) is 22.7 Å². The Kier molecular flexibility index (Phi) is 4.83. The van der Waals surface area contributed by atoms with Crippen molar-refractivity contribution in [2.24, 2.45) is 5.73 Å². The third kappa shape index (κ3) is 3.52. The van der Waals surface area contributed by atoms with Crippen molar-refractivity contribution in [1.82, 2.24) is 0 Å². The maximum absolute atomic E-state index is 11.0. The Balaban J connectivity index is 3.08. The van der Waals surface area contributed by atoms with Crippen LogP contribution in [0.2, 0.25) is 0 Å². The second-order valence-electron chi connectivity index (χ2n) is 3.72. The molecule has 0 aliphatic heterocycles. The molecule has 1 amide bonds. The van der Waals surface area contributed by atoms with E-state index in [-0.39, 0.29) is 11.1 Å². The average molecular weight is 318 g/mol. The zero-order valence-electron chi connectivity index (χ0n) is 9.21. The molecule has 6 nitrogen and oxygen atoms in total. The first-order valence-electron chi connectivity index (χ1n) is 5.00. The van der Waals surface area contributed by atoms with E-state index >= 15 is 0 Å². The van der Waals surface area contributed by atoms with Crippen LogP contribution in [0.5, 0.6) is 0 Å². The Bertz CT molecular complexity index is 477. The van der Waals surface area contributed by atoms with Crippen LogP contribution in [0.25, 0.3) is 0 Å². The van der Waals surface area contributed by atoms with Gasteiger partial charge in [0.15, 0.2) is 0 Å². The number of hydrogen-bond donors (Lipinski definition) is 4. The molecule has 2 unspecified atom stereocenters. The summed E-state index contributed by atoms with van der Waals surface area (Å²) in [5.41, 5.74) is 4.77. The van der Waals surface area contributed by atoms with Gasteiger partial charge < -0.3 is 21.1 Å². The van der Waals surface area contributed by atoms with Crippen molar-refractivity contribution in [3.8, 4) is 0 Å². The largest absolute Gasteiger partial charge is 0.478 e. The Labute approximate surface area is 111 Å². The molecule has 1 aromatic carbocycles. The van der Waals surface area contributed by atoms with Gasteiger partial charge in [0, 0.05) is 4.47 Å². The second-order valence-corrected chi connectivity index (χ2v) is 4.64. The van der Waals surface area contributed by atoms with E-state index in [0.29, 0.717) is 4.47 Å². The van der Waals surface area contributed by atoms with Gasteiger partial charge in [-0.3, -0.25) is 4.79 Å². The minimum absolute atomic E-state index is 0.0273. The summed E-state index contributed by atoms with van der Waals surface area (Å²) < 4.78 is 0.528. The molecular weight excluding hydrogens is 306 g/mol. The van der Waals surface area contributed by atoms with Crippen LogP contribution in [0.1, 0.15) is 28.4 Å². The molecule has 0 bridgehead atoms. The van der Waals surface area contributed by atoms with Gasteiger partial charge >= 0.3 is 5.97 Å². The van der Waals surface area contributed by atoms with Crippen LogP contribution >= 0.6 is 15.9 Å². The number of amides is 1. The molecule has 5 N–H and O–H groups in total. The lowest BCUT2D eigenvalue weighted by Gasteiger charge is -2.18. The third-order valence-electron chi connectivity index (χ3n) is 2.34. The van der Waals surface area contributed by atoms with Crippen molar-refractivity contribution in [1.29, 1.82) is 0 Å². The van der Waals surface area contributed by atoms with Crippen molar-refractivity contribution >= 4 is 27.8 Å². The first kappa shape index (κ1) is 14.6. The van der Waals surface area contributed by atoms with Gasteiger partial charge in [0.1, 0.15) is 6.10 Å². The van der Waals surface area contributed by atoms with Crippen LogP contribution in [0.4, 0.5) is 0 Å². The van der Waals surface area contributed by atoms with Gasteiger partial charge in [-0.2, -0.15) is 0 Å². The molecule has 0 aliphatic rings. The van der Waals surface area contributed by atoms with Gasteiger partial charge in [-0.15, -0.1) is 0 Å². The normalized spacial score (nSPS) is 13.9. The van der Waals surface area contributed by atoms with E-state index in [2.05, 4.69) is 15.9 Å². The molecule has 0 saturated heterocycles. The fraction of sp³-hybridized carbons (Fsp3) is 0.273. The average Bonchev–Trinajstić information content (AvgIpc) is 2.26. The van der Waals surface area contributed by atoms with Gasteiger partial charge in [-0.25, -0.2) is 4.79 Å². The zero-order chi connectivity index (χ0) is 13.9. The number of carboxylic acid groups (broad SMARTS) is 1. The molecule has 0 saturated carbocycles. The highest BCUT2D eigenvalue weighted by molar-refractivity contribution is 9.10. The van der Waals surface area contributed by atoms with Crippen LogP contribution in [0.3, 0.4) is 0 Å². The number of aromatic carboxylic acids is 1. The first-order chi connectivity index (χ1) is 8.32. The molecule has 7 heteroatoms. The Morgan fingerprint density at radius 1 is 1.33 bits per heavy atom. The summed E-state index contributed by atoms with van der Waals surface area (Å²) in [6.07, 6.45) is -3.38. The van der Waals surface area contributed by atoms with Crippen LogP contribution < -0.4 is 5.73 Å². The van der Waals surface area contributed by atoms with Gasteiger partial charge in [0.05, 0.1) is 18.1 Å². The number of carbonyl (C=O) groups excluding carboxylic acids is 1. The standard InChI is InChI=1S/C11H12BrNO5/c12-5-1-2-6(7(3-5)11(17)18)10(16)8(14)4-9(13)15/h1-3,8,10,14,16H,4H2,(H2,13,15)(H,17,18). The minimum atomic E-state index is -1.49. The first-order valence-corrected chi connectivity index (χ1v) is 5.79. The van der Waals surface area contributed by atoms with E-state index in [1.54, 1.807) is 0 Å². The summed E-state index contributed by atoms with van der Waals surface area (Å²) in [5.74, 6) is -2.02. The van der Waals surface area contributed by atoms with Gasteiger partial charge in [0.2, 0.25) is 5.91 Å². The fourth-order valence-corrected chi connectivity index (χ4v) is 1.86. The van der Waals surface area contributed by atoms with Crippen molar-refractivity contribution in [2.75, 3.05) is 0 Å². The molecule has 2 atom stereocenters. The lowest BCUT2D eigenvalue weighted by molar-refractivity contribution is -0.121. The number of aliphatic hydroxyl groups is 2. The van der Waals surface area contributed by atoms with E-state index in [1.807, 2.05) is 0 Å². The zero-order valence-corrected chi connectivity index (χ0v) is 10.8. The van der Waals surface area contributed by atoms with E-state index in [9.17, 15) is 19.8 Å². The summed E-state index contributed by atoms with van der Waals surface area (Å²) in [5, 5.41) is 28.4. The quantitative estimate of drug-likeness (QED) is 0.627. The summed E-state index contributed by atoms with van der Waals surface area (Å²) >= 11 is 3.11. The number of primary amides is 1. The molecule has 98 valence electrons. The van der Waals surface area contributed by atoms with Crippen LogP contribution in [-0.4, -0.2) is 33.3 Å². The topological polar surface area (TPSA) is 121 Å². The maximum Gasteiger partial charge on any atom is 0.336 e. The number of carbonyl (C=O) groups is 2. The van der Waals surface area contributed by atoms with Gasteiger partial charge in [0.25, 0.3) is 0 Å². The van der Waals surface area contributed by atoms with Gasteiger partial charge in [-0.05, 0) is 17.7 Å². The lowest BCUT2D eigenvalue weighted by Crippen LogP contribution is -2.26. The minimum Gasteiger partial charge on any atom is -0.478 e. The number of carboxylic acids is 1. The van der Waals surface area contributed by atoms with Crippen LogP contribution in [-0.2, 0) is 4.79 Å². The number of nitrogens with two attached hydrogens (primary N) is 1. The highest BCUT2D eigenvalue weighted by Crippen LogP contribution is 2.25. The fourth-order valence-electron chi connectivity index (χ4n) is 1.50. The van der Waals surface area contributed by atoms with E-state index in [4.69, 9.17) is 10.8 Å². The van der Waals surface area contributed by atoms with Crippen LogP contribution in [0, 0.1) is 0 Å². The number of aliphatic hydroxyl groups excluding tert-OH is 2. The molecule has 0 aromatic heterocycles. The molecule has 0 aliphatic carbocycles. The van der Waals surface area contributed by atoms with Crippen molar-refractivity contribution in [3.63, 3.8) is 0 Å². The predicted octanol–water partition coefficient (Wildman–Crippen LogP) is 0.417. The number of benzene rings is 1. The highest BCUT2D eigenvalue weighted by atomic mass is 79.9. The molecule has 0 heterocycles. The predicted molar refractivity (Wildman–Crippen MR) is 65.9 cm³/mol. The Morgan fingerprint density at radius 3 is 2.44 bits per heavy atom. The summed E-state index contributed by atoms with van der Waals surface area (Å²) in [6, 6.07) is 4.20. The molecule has 0 radical (unpaired) electrons. The molecule has 1 rings (SSSR count). The molecule has 18 heavy (non-hydrogen) atoms. The number of halogens is 1. The number of hydrogen-bond acceptors (Lipinski definition) is 4. The second kappa shape index (κ2) is 5.94. The number of rotatable bonds is 5. The van der Waals surface area contributed by atoms with Crippen molar-refractivity contribution in [3.05, 3.63) is 33.8 Å². The molecule has 0 fully saturated rings. The Hall–Kier alpha value is -1.44. The summed E-state index contributed by atoms with van der Waals surface area (Å²) in [6.45, 7) is 0. The third-order valence-corrected chi connectivity index (χ3v) is 2.83. The van der Waals surface area contributed by atoms with Crippen molar-refractivity contribution < 1.29 is 24.9 Å². The van der Waals surface area contributed by atoms with E-state index < -0.39 is 30.5 Å². The smallest absolute Gasteiger partial charge is 0.336 e. The van der Waals surface area contributed by atoms with E-state index in [0.717, 1.165) is 0 Å². The monoisotopic (exact) mass is 317 g/mol. The van der Waals surface area contributed by atoms with E-state index in [1.165, 1.54) is 18.2 Å². The Morgan fingerprint density at radius 2 is 1.94 bits per heavy atom. The summed E-state index contributed by atoms with van der Waals surface area (Å²) in [4.78, 5) is 21.7. The maximum atomic E-state index is 11.0. The summed E-state index contributed by atoms with van der Waals surface area (Å²) in [7, 11) is 0. The molecule has 1 aromatic rings. The lowest BCUT2D eigenvalue weighted by atomic mass is 9.97. The van der Waals surface area contributed by atoms with Gasteiger partial charge in [-0.1, -0.05) is 22.0 Å². The molecular formula is C11H12BrNO5. The highest BCUT2D eigenvalue weighted by Gasteiger charge is 2.25. The SMILES string of the molecule is NC(=O)CC(O)C(O)c1ccc(Br)cc1C(=O)O. The molecule has 0 spiro atoms. The van der Waals surface area contributed by atoms with Crippen molar-refractivity contribution in [2.45, 2.75) is 18.6 Å².